The van der Waals surface area contributed by atoms with E-state index >= 15 is 0 Å². The minimum absolute atomic E-state index is 0. The van der Waals surface area contributed by atoms with E-state index in [1.54, 1.807) is 14.2 Å². The third-order valence-corrected chi connectivity index (χ3v) is 4.38. The maximum Gasteiger partial charge on any atom is 0.161 e. The Bertz CT molecular complexity index is 417. The van der Waals surface area contributed by atoms with Gasteiger partial charge in [-0.15, -0.1) is 0 Å². The van der Waals surface area contributed by atoms with Crippen molar-refractivity contribution in [3.63, 3.8) is 0 Å². The van der Waals surface area contributed by atoms with Crippen molar-refractivity contribution < 1.29 is 27.2 Å². The minimum Gasteiger partial charge on any atom is -1.00 e. The van der Waals surface area contributed by atoms with Crippen LogP contribution < -0.4 is 27.2 Å². The van der Waals surface area contributed by atoms with Crippen LogP contribution in [-0.2, 0) is 5.41 Å². The highest BCUT2D eigenvalue weighted by Gasteiger charge is 2.37. The number of nitrogens with two attached hydrogens (primary N) is 1. The fourth-order valence-corrected chi connectivity index (χ4v) is 3.25. The third kappa shape index (κ3) is 3.39. The lowest BCUT2D eigenvalue weighted by molar-refractivity contribution is -0.659. The van der Waals surface area contributed by atoms with Gasteiger partial charge in [-0.3, -0.25) is 0 Å². The zero-order chi connectivity index (χ0) is 13.7. The molecule has 1 aliphatic rings. The maximum absolute atomic E-state index is 5.45. The summed E-state index contributed by atoms with van der Waals surface area (Å²) in [7, 11) is 3.40. The molecule has 0 amide bonds. The summed E-state index contributed by atoms with van der Waals surface area (Å²) >= 11 is 0. The van der Waals surface area contributed by atoms with E-state index in [4.69, 9.17) is 9.47 Å². The molecule has 3 nitrogen and oxygen atoms in total. The second kappa shape index (κ2) is 7.75. The topological polar surface area (TPSA) is 35.1 Å². The first kappa shape index (κ1) is 17.1. The average molecular weight is 300 g/mol. The van der Waals surface area contributed by atoms with Crippen molar-refractivity contribution in [1.29, 1.82) is 0 Å². The van der Waals surface area contributed by atoms with E-state index < -0.39 is 0 Å². The number of ether oxygens (including phenoxy) is 2. The quantitative estimate of drug-likeness (QED) is 0.739. The monoisotopic (exact) mass is 299 g/mol. The Morgan fingerprint density at radius 3 is 2.30 bits per heavy atom. The highest BCUT2D eigenvalue weighted by molar-refractivity contribution is 5.45. The van der Waals surface area contributed by atoms with Gasteiger partial charge in [0.05, 0.1) is 27.3 Å². The van der Waals surface area contributed by atoms with Crippen LogP contribution in [0.2, 0.25) is 0 Å². The Kier molecular flexibility index (Phi) is 6.63. The van der Waals surface area contributed by atoms with E-state index in [0.29, 0.717) is 5.41 Å². The summed E-state index contributed by atoms with van der Waals surface area (Å²) in [6.07, 6.45) is 5.26. The average Bonchev–Trinajstić information content (AvgIpc) is 2.94. The highest BCUT2D eigenvalue weighted by atomic mass is 35.5. The molecule has 114 valence electrons. The van der Waals surface area contributed by atoms with Crippen LogP contribution in [0.1, 0.15) is 38.2 Å². The second-order valence-corrected chi connectivity index (χ2v) is 5.46. The molecule has 4 heteroatoms. The van der Waals surface area contributed by atoms with E-state index in [0.717, 1.165) is 18.0 Å². The molecule has 0 saturated heterocycles. The molecule has 2 N–H and O–H groups in total. The van der Waals surface area contributed by atoms with Gasteiger partial charge < -0.3 is 27.2 Å². The number of likely N-dealkylation sites (N-methyl/N-ethyl adjacent to an activating group) is 1. The molecule has 20 heavy (non-hydrogen) atoms. The smallest absolute Gasteiger partial charge is 0.161 e. The Balaban J connectivity index is 0.00000200. The fourth-order valence-electron chi connectivity index (χ4n) is 3.25. The number of hydrogen-bond acceptors (Lipinski definition) is 2. The third-order valence-electron chi connectivity index (χ3n) is 4.38. The van der Waals surface area contributed by atoms with Gasteiger partial charge in [0, 0.05) is 5.41 Å². The van der Waals surface area contributed by atoms with Crippen molar-refractivity contribution in [2.24, 2.45) is 0 Å². The molecule has 0 radical (unpaired) electrons. The van der Waals surface area contributed by atoms with E-state index in [2.05, 4.69) is 24.4 Å². The van der Waals surface area contributed by atoms with E-state index in [1.165, 1.54) is 37.8 Å². The van der Waals surface area contributed by atoms with Gasteiger partial charge in [-0.05, 0) is 37.5 Å². The summed E-state index contributed by atoms with van der Waals surface area (Å²) in [5.74, 6) is 1.67. The zero-order valence-corrected chi connectivity index (χ0v) is 13.5. The molecule has 0 bridgehead atoms. The molecule has 1 aliphatic carbocycles. The lowest BCUT2D eigenvalue weighted by Crippen LogP contribution is -3.00. The Hall–Kier alpha value is -0.930. The van der Waals surface area contributed by atoms with Gasteiger partial charge in [-0.2, -0.15) is 0 Å². The van der Waals surface area contributed by atoms with Crippen molar-refractivity contribution in [1.82, 2.24) is 0 Å². The van der Waals surface area contributed by atoms with Crippen LogP contribution in [0.15, 0.2) is 18.2 Å². The fraction of sp³-hybridized carbons (Fsp3) is 0.625. The number of halogens is 1. The number of benzene rings is 1. The number of rotatable bonds is 6. The molecule has 1 saturated carbocycles. The lowest BCUT2D eigenvalue weighted by Gasteiger charge is -2.28. The van der Waals surface area contributed by atoms with Crippen molar-refractivity contribution in [3.05, 3.63) is 23.8 Å². The van der Waals surface area contributed by atoms with Gasteiger partial charge in [0.15, 0.2) is 11.5 Å². The predicted molar refractivity (Wildman–Crippen MR) is 77.0 cm³/mol. The van der Waals surface area contributed by atoms with Gasteiger partial charge in [0.2, 0.25) is 0 Å². The van der Waals surface area contributed by atoms with Crippen LogP contribution in [0.3, 0.4) is 0 Å². The number of quaternary nitrogens is 1. The summed E-state index contributed by atoms with van der Waals surface area (Å²) in [5, 5.41) is 2.42. The van der Waals surface area contributed by atoms with Gasteiger partial charge in [-0.25, -0.2) is 0 Å². The van der Waals surface area contributed by atoms with E-state index in [1.807, 2.05) is 6.07 Å². The summed E-state index contributed by atoms with van der Waals surface area (Å²) in [4.78, 5) is 0. The summed E-state index contributed by atoms with van der Waals surface area (Å²) in [6, 6.07) is 6.43. The Morgan fingerprint density at radius 2 is 1.75 bits per heavy atom. The molecule has 0 aromatic heterocycles. The second-order valence-electron chi connectivity index (χ2n) is 5.46. The van der Waals surface area contributed by atoms with Crippen LogP contribution in [0.25, 0.3) is 0 Å². The maximum atomic E-state index is 5.45. The summed E-state index contributed by atoms with van der Waals surface area (Å²) in [5.41, 5.74) is 1.74. The van der Waals surface area contributed by atoms with Crippen molar-refractivity contribution in [2.45, 2.75) is 38.0 Å². The van der Waals surface area contributed by atoms with Crippen LogP contribution in [0.5, 0.6) is 11.5 Å². The predicted octanol–water partition coefficient (Wildman–Crippen LogP) is -0.897. The summed E-state index contributed by atoms with van der Waals surface area (Å²) < 4.78 is 10.8. The molecule has 0 heterocycles. The molecule has 2 rings (SSSR count). The van der Waals surface area contributed by atoms with Crippen LogP contribution in [-0.4, -0.2) is 27.3 Å². The molecule has 0 atom stereocenters. The van der Waals surface area contributed by atoms with Gasteiger partial charge in [0.25, 0.3) is 0 Å². The van der Waals surface area contributed by atoms with Crippen molar-refractivity contribution >= 4 is 0 Å². The Labute approximate surface area is 128 Å². The lowest BCUT2D eigenvalue weighted by atomic mass is 9.78. The van der Waals surface area contributed by atoms with Crippen molar-refractivity contribution in [2.75, 3.05) is 27.3 Å². The van der Waals surface area contributed by atoms with E-state index in [-0.39, 0.29) is 12.4 Å². The van der Waals surface area contributed by atoms with Gasteiger partial charge >= 0.3 is 0 Å². The molecule has 1 aromatic carbocycles. The first-order chi connectivity index (χ1) is 9.25. The van der Waals surface area contributed by atoms with Crippen LogP contribution in [0.4, 0.5) is 0 Å². The molecular weight excluding hydrogens is 274 g/mol. The highest BCUT2D eigenvalue weighted by Crippen LogP contribution is 2.42. The first-order valence-corrected chi connectivity index (χ1v) is 7.30. The molecule has 0 unspecified atom stereocenters. The standard InChI is InChI=1S/C16H25NO2.ClH/c1-4-17-12-16(9-5-6-10-16)13-7-8-14(18-2)15(11-13)19-3;/h7-8,11,17H,4-6,9-10,12H2,1-3H3;1H. The van der Waals surface area contributed by atoms with Crippen LogP contribution >= 0.6 is 0 Å². The van der Waals surface area contributed by atoms with Crippen LogP contribution in [0, 0.1) is 0 Å². The molecule has 0 aliphatic heterocycles. The SMILES string of the molecule is CC[NH2+]CC1(c2ccc(OC)c(OC)c2)CCCC1.[Cl-]. The summed E-state index contributed by atoms with van der Waals surface area (Å²) in [6.45, 7) is 4.55. The van der Waals surface area contributed by atoms with Gasteiger partial charge in [-0.1, -0.05) is 18.9 Å². The molecule has 1 fully saturated rings. The molecule has 0 spiro atoms. The number of methoxy groups -OCH3 is 2. The zero-order valence-electron chi connectivity index (χ0n) is 12.7. The van der Waals surface area contributed by atoms with Gasteiger partial charge in [0.1, 0.15) is 0 Å². The number of hydrogen-bond donors (Lipinski definition) is 1. The normalized spacial score (nSPS) is 16.6. The minimum atomic E-state index is 0. The molecule has 1 aromatic rings. The first-order valence-electron chi connectivity index (χ1n) is 7.30. The Morgan fingerprint density at radius 1 is 1.10 bits per heavy atom. The largest absolute Gasteiger partial charge is 1.00 e. The van der Waals surface area contributed by atoms with E-state index in [9.17, 15) is 0 Å². The van der Waals surface area contributed by atoms with Crippen molar-refractivity contribution in [3.8, 4) is 11.5 Å². The molecular formula is C16H26ClNO2.